The Morgan fingerprint density at radius 2 is 1.89 bits per heavy atom. The molecule has 0 atom stereocenters. The number of para-hydroxylation sites is 1. The van der Waals surface area contributed by atoms with Gasteiger partial charge < -0.3 is 19.3 Å². The van der Waals surface area contributed by atoms with Gasteiger partial charge in [0.05, 0.1) is 17.6 Å². The maximum absolute atomic E-state index is 12.9. The third-order valence-corrected chi connectivity index (χ3v) is 6.90. The van der Waals surface area contributed by atoms with Crippen LogP contribution in [0.3, 0.4) is 0 Å². The van der Waals surface area contributed by atoms with Gasteiger partial charge >= 0.3 is 12.7 Å². The van der Waals surface area contributed by atoms with E-state index in [4.69, 9.17) is 9.72 Å². The van der Waals surface area contributed by atoms with E-state index in [1.165, 1.54) is 11.0 Å². The van der Waals surface area contributed by atoms with Crippen LogP contribution in [0.15, 0.2) is 48.7 Å². The van der Waals surface area contributed by atoms with Crippen molar-refractivity contribution < 1.29 is 23.4 Å². The van der Waals surface area contributed by atoms with Crippen molar-refractivity contribution in [1.82, 2.24) is 24.4 Å². The molecule has 3 heterocycles. The smallest absolute Gasteiger partial charge is 0.407 e. The van der Waals surface area contributed by atoms with Crippen molar-refractivity contribution in [3.8, 4) is 16.9 Å². The Labute approximate surface area is 212 Å². The highest BCUT2D eigenvalue weighted by Crippen LogP contribution is 2.31. The fourth-order valence-corrected chi connectivity index (χ4v) is 4.92. The molecule has 0 unspecified atom stereocenters. The minimum Gasteiger partial charge on any atom is -0.465 e. The van der Waals surface area contributed by atoms with Crippen LogP contribution in [0.25, 0.3) is 22.2 Å². The number of hydrogen-bond acceptors (Lipinski definition) is 5. The van der Waals surface area contributed by atoms with Crippen molar-refractivity contribution in [2.45, 2.75) is 45.8 Å². The lowest BCUT2D eigenvalue weighted by Crippen LogP contribution is -2.37. The molecular formula is C27H27F2N5O3. The third-order valence-electron chi connectivity index (χ3n) is 6.90. The number of imidazole rings is 1. The fraction of sp³-hybridized carbons (Fsp3) is 0.333. The Balaban J connectivity index is 1.43. The van der Waals surface area contributed by atoms with Gasteiger partial charge in [0.2, 0.25) is 0 Å². The molecule has 1 aliphatic rings. The summed E-state index contributed by atoms with van der Waals surface area (Å²) in [6, 6.07) is 12.7. The van der Waals surface area contributed by atoms with E-state index in [9.17, 15) is 18.7 Å². The molecule has 1 amide bonds. The van der Waals surface area contributed by atoms with Crippen molar-refractivity contribution in [1.29, 1.82) is 0 Å². The summed E-state index contributed by atoms with van der Waals surface area (Å²) in [4.78, 5) is 26.7. The van der Waals surface area contributed by atoms with E-state index in [0.29, 0.717) is 38.0 Å². The van der Waals surface area contributed by atoms with E-state index in [1.807, 2.05) is 42.8 Å². The van der Waals surface area contributed by atoms with Crippen molar-refractivity contribution in [3.05, 3.63) is 71.6 Å². The minimum absolute atomic E-state index is 0.130. The number of rotatable bonds is 6. The van der Waals surface area contributed by atoms with E-state index >= 15 is 0 Å². The monoisotopic (exact) mass is 507 g/mol. The van der Waals surface area contributed by atoms with Crippen LogP contribution in [0.4, 0.5) is 13.6 Å². The molecule has 0 radical (unpaired) electrons. The van der Waals surface area contributed by atoms with Crippen LogP contribution in [0.5, 0.6) is 5.75 Å². The number of alkyl halides is 2. The molecule has 1 fully saturated rings. The number of ether oxygens (including phenoxy) is 1. The van der Waals surface area contributed by atoms with E-state index in [-0.39, 0.29) is 11.7 Å². The molecule has 0 bridgehead atoms. The number of carboxylic acid groups (broad SMARTS) is 1. The van der Waals surface area contributed by atoms with Crippen LogP contribution in [0.2, 0.25) is 0 Å². The molecule has 5 rings (SSSR count). The zero-order chi connectivity index (χ0) is 26.1. The molecule has 10 heteroatoms. The summed E-state index contributed by atoms with van der Waals surface area (Å²) < 4.78 is 32.5. The van der Waals surface area contributed by atoms with Gasteiger partial charge in [-0.15, -0.1) is 0 Å². The number of piperidine rings is 1. The second-order valence-corrected chi connectivity index (χ2v) is 9.21. The Kier molecular flexibility index (Phi) is 6.73. The van der Waals surface area contributed by atoms with Crippen LogP contribution in [0, 0.1) is 13.8 Å². The summed E-state index contributed by atoms with van der Waals surface area (Å²) in [5, 5.41) is 9.18. The molecule has 0 spiro atoms. The molecule has 2 aromatic carbocycles. The zero-order valence-electron chi connectivity index (χ0n) is 20.6. The van der Waals surface area contributed by atoms with Crippen molar-refractivity contribution in [2.24, 2.45) is 0 Å². The summed E-state index contributed by atoms with van der Waals surface area (Å²) in [5.41, 5.74) is 4.95. The lowest BCUT2D eigenvalue weighted by atomic mass is 9.95. The molecular weight excluding hydrogens is 480 g/mol. The molecule has 0 aliphatic carbocycles. The second-order valence-electron chi connectivity index (χ2n) is 9.21. The van der Waals surface area contributed by atoms with E-state index in [0.717, 1.165) is 39.5 Å². The number of fused-ring (bicyclic) bond motifs is 1. The van der Waals surface area contributed by atoms with Gasteiger partial charge in [0.1, 0.15) is 17.4 Å². The number of halogens is 2. The summed E-state index contributed by atoms with van der Waals surface area (Å²) in [6.07, 6.45) is 2.33. The second kappa shape index (κ2) is 10.1. The average Bonchev–Trinajstić information content (AvgIpc) is 3.19. The molecule has 4 aromatic rings. The number of amides is 1. The predicted molar refractivity (Wildman–Crippen MR) is 134 cm³/mol. The first kappa shape index (κ1) is 24.6. The molecule has 2 aromatic heterocycles. The summed E-state index contributed by atoms with van der Waals surface area (Å²) in [5.74, 6) is 1.77. The van der Waals surface area contributed by atoms with Gasteiger partial charge in [-0.25, -0.2) is 19.7 Å². The summed E-state index contributed by atoms with van der Waals surface area (Å²) in [6.45, 7) is 2.22. The van der Waals surface area contributed by atoms with Crippen LogP contribution in [-0.4, -0.2) is 55.3 Å². The number of nitrogens with zero attached hydrogens (tertiary/aromatic N) is 5. The van der Waals surface area contributed by atoms with E-state index in [2.05, 4.69) is 9.97 Å². The minimum atomic E-state index is -2.90. The van der Waals surface area contributed by atoms with Gasteiger partial charge in [-0.1, -0.05) is 24.3 Å². The number of carbonyl (C=O) groups is 1. The molecule has 1 aliphatic heterocycles. The normalized spacial score (nSPS) is 14.5. The number of likely N-dealkylation sites (tertiary alicyclic amines) is 1. The Morgan fingerprint density at radius 1 is 1.14 bits per heavy atom. The lowest BCUT2D eigenvalue weighted by Gasteiger charge is -2.29. The molecule has 1 saturated heterocycles. The number of aromatic nitrogens is 4. The molecule has 37 heavy (non-hydrogen) atoms. The maximum Gasteiger partial charge on any atom is 0.407 e. The average molecular weight is 508 g/mol. The van der Waals surface area contributed by atoms with Gasteiger partial charge in [-0.05, 0) is 50.5 Å². The first-order valence-corrected chi connectivity index (χ1v) is 12.1. The van der Waals surface area contributed by atoms with Crippen LogP contribution < -0.4 is 4.74 Å². The SMILES string of the molecule is Cc1nc(C2CCN(C(=O)O)CC2)ncc1-c1ccc2nc(C)n(Cc3ccccc3OC(F)F)c2c1. The lowest BCUT2D eigenvalue weighted by molar-refractivity contribution is -0.0504. The number of aryl methyl sites for hydroxylation is 2. The predicted octanol–water partition coefficient (Wildman–Crippen LogP) is 5.62. The summed E-state index contributed by atoms with van der Waals surface area (Å²) >= 11 is 0. The van der Waals surface area contributed by atoms with Crippen molar-refractivity contribution >= 4 is 17.1 Å². The largest absolute Gasteiger partial charge is 0.465 e. The maximum atomic E-state index is 12.9. The topological polar surface area (TPSA) is 93.4 Å². The first-order chi connectivity index (χ1) is 17.8. The van der Waals surface area contributed by atoms with Gasteiger partial charge in [0, 0.05) is 42.0 Å². The highest BCUT2D eigenvalue weighted by atomic mass is 19.3. The van der Waals surface area contributed by atoms with Gasteiger partial charge in [0.25, 0.3) is 0 Å². The first-order valence-electron chi connectivity index (χ1n) is 12.1. The van der Waals surface area contributed by atoms with Crippen LogP contribution in [0.1, 0.15) is 41.7 Å². The van der Waals surface area contributed by atoms with Crippen molar-refractivity contribution in [2.75, 3.05) is 13.1 Å². The number of benzene rings is 2. The summed E-state index contributed by atoms with van der Waals surface area (Å²) in [7, 11) is 0. The zero-order valence-corrected chi connectivity index (χ0v) is 20.6. The van der Waals surface area contributed by atoms with Crippen LogP contribution in [-0.2, 0) is 6.54 Å². The Morgan fingerprint density at radius 3 is 2.59 bits per heavy atom. The van der Waals surface area contributed by atoms with E-state index < -0.39 is 12.7 Å². The number of hydrogen-bond donors (Lipinski definition) is 1. The standard InChI is InChI=1S/C27H27F2N5O3/c1-16-21(14-30-25(31-16)18-9-11-33(12-10-18)27(35)36)19-7-8-22-23(13-19)34(17(2)32-22)15-20-5-3-4-6-24(20)37-26(28)29/h3-8,13-14,18,26H,9-12,15H2,1-2H3,(H,35,36). The highest BCUT2D eigenvalue weighted by Gasteiger charge is 2.25. The van der Waals surface area contributed by atoms with E-state index in [1.54, 1.807) is 18.2 Å². The molecule has 192 valence electrons. The van der Waals surface area contributed by atoms with Gasteiger partial charge in [0.15, 0.2) is 0 Å². The highest BCUT2D eigenvalue weighted by molar-refractivity contribution is 5.83. The Bertz CT molecular complexity index is 1450. The van der Waals surface area contributed by atoms with Gasteiger partial charge in [-0.2, -0.15) is 8.78 Å². The Hall–Kier alpha value is -4.08. The molecule has 1 N–H and O–H groups in total. The van der Waals surface area contributed by atoms with Crippen LogP contribution >= 0.6 is 0 Å². The van der Waals surface area contributed by atoms with Gasteiger partial charge in [-0.3, -0.25) is 0 Å². The fourth-order valence-electron chi connectivity index (χ4n) is 4.92. The van der Waals surface area contributed by atoms with Crippen molar-refractivity contribution in [3.63, 3.8) is 0 Å². The third kappa shape index (κ3) is 5.09. The molecule has 8 nitrogen and oxygen atoms in total. The molecule has 0 saturated carbocycles. The quantitative estimate of drug-likeness (QED) is 0.364.